The number of hydrogen-bond donors (Lipinski definition) is 1. The number of nitrogens with one attached hydrogen (secondary N) is 1. The van der Waals surface area contributed by atoms with Crippen LogP contribution in [0.25, 0.3) is 10.1 Å². The Kier molecular flexibility index (Phi) is 5.13. The van der Waals surface area contributed by atoms with Crippen LogP contribution in [0.2, 0.25) is 0 Å². The standard InChI is InChI=1S/C16H18FNO3S/c1-4-8-18-15(19)10(3)21-16(20)14-9(2)13-11(17)6-5-7-12(13)22-14/h5-7,10H,4,8H2,1-3H3,(H,18,19)/t10-/m0/s1. The predicted molar refractivity (Wildman–Crippen MR) is 84.7 cm³/mol. The lowest BCUT2D eigenvalue weighted by Gasteiger charge is -2.12. The first kappa shape index (κ1) is 16.4. The third kappa shape index (κ3) is 3.27. The van der Waals surface area contributed by atoms with Crippen molar-refractivity contribution < 1.29 is 18.7 Å². The van der Waals surface area contributed by atoms with E-state index < -0.39 is 12.1 Å². The van der Waals surface area contributed by atoms with E-state index in [-0.39, 0.29) is 11.7 Å². The molecule has 1 amide bonds. The topological polar surface area (TPSA) is 55.4 Å². The highest BCUT2D eigenvalue weighted by molar-refractivity contribution is 7.21. The molecule has 22 heavy (non-hydrogen) atoms. The minimum atomic E-state index is -0.881. The molecular weight excluding hydrogens is 305 g/mol. The third-order valence-electron chi connectivity index (χ3n) is 3.29. The Morgan fingerprint density at radius 2 is 2.14 bits per heavy atom. The first-order chi connectivity index (χ1) is 10.5. The van der Waals surface area contributed by atoms with Gasteiger partial charge in [0.1, 0.15) is 10.7 Å². The SMILES string of the molecule is CCCNC(=O)[C@H](C)OC(=O)c1sc2cccc(F)c2c1C. The molecule has 2 aromatic rings. The van der Waals surface area contributed by atoms with Crippen molar-refractivity contribution in [1.29, 1.82) is 0 Å². The number of esters is 1. The van der Waals surface area contributed by atoms with Crippen LogP contribution in [0.4, 0.5) is 4.39 Å². The highest BCUT2D eigenvalue weighted by Gasteiger charge is 2.23. The summed E-state index contributed by atoms with van der Waals surface area (Å²) in [7, 11) is 0. The average Bonchev–Trinajstić information content (AvgIpc) is 2.83. The molecule has 1 heterocycles. The van der Waals surface area contributed by atoms with Crippen molar-refractivity contribution in [3.8, 4) is 0 Å². The molecule has 0 saturated carbocycles. The number of benzene rings is 1. The Morgan fingerprint density at radius 3 is 2.77 bits per heavy atom. The molecule has 118 valence electrons. The zero-order valence-corrected chi connectivity index (χ0v) is 13.6. The monoisotopic (exact) mass is 323 g/mol. The maximum atomic E-state index is 13.8. The number of amides is 1. The van der Waals surface area contributed by atoms with Crippen LogP contribution < -0.4 is 5.32 Å². The third-order valence-corrected chi connectivity index (χ3v) is 4.53. The van der Waals surface area contributed by atoms with Gasteiger partial charge in [0.2, 0.25) is 0 Å². The van der Waals surface area contributed by atoms with E-state index in [9.17, 15) is 14.0 Å². The van der Waals surface area contributed by atoms with Crippen molar-refractivity contribution in [3.05, 3.63) is 34.5 Å². The number of halogens is 1. The van der Waals surface area contributed by atoms with Gasteiger partial charge in [-0.05, 0) is 38.0 Å². The zero-order chi connectivity index (χ0) is 16.3. The molecule has 0 saturated heterocycles. The lowest BCUT2D eigenvalue weighted by molar-refractivity contribution is -0.129. The van der Waals surface area contributed by atoms with Gasteiger partial charge in [0.25, 0.3) is 5.91 Å². The van der Waals surface area contributed by atoms with Gasteiger partial charge in [-0.15, -0.1) is 11.3 Å². The Hall–Kier alpha value is -1.95. The molecule has 0 aliphatic carbocycles. The molecule has 1 N–H and O–H groups in total. The minimum Gasteiger partial charge on any atom is -0.448 e. The first-order valence-electron chi connectivity index (χ1n) is 7.12. The van der Waals surface area contributed by atoms with Crippen LogP contribution in [0, 0.1) is 12.7 Å². The van der Waals surface area contributed by atoms with Crippen molar-refractivity contribution in [2.75, 3.05) is 6.54 Å². The molecule has 0 bridgehead atoms. The van der Waals surface area contributed by atoms with E-state index in [0.29, 0.717) is 27.1 Å². The number of carbonyl (C=O) groups is 2. The maximum absolute atomic E-state index is 13.8. The van der Waals surface area contributed by atoms with Gasteiger partial charge in [-0.1, -0.05) is 13.0 Å². The number of rotatable bonds is 5. The van der Waals surface area contributed by atoms with Crippen molar-refractivity contribution in [1.82, 2.24) is 5.32 Å². The Balaban J connectivity index is 2.18. The van der Waals surface area contributed by atoms with Crippen molar-refractivity contribution in [3.63, 3.8) is 0 Å². The molecule has 1 aromatic carbocycles. The van der Waals surface area contributed by atoms with Gasteiger partial charge < -0.3 is 10.1 Å². The van der Waals surface area contributed by atoms with Crippen LogP contribution in [-0.4, -0.2) is 24.5 Å². The molecule has 0 aliphatic rings. The molecule has 6 heteroatoms. The number of fused-ring (bicyclic) bond motifs is 1. The fourth-order valence-corrected chi connectivity index (χ4v) is 3.21. The van der Waals surface area contributed by atoms with Crippen LogP contribution in [0.15, 0.2) is 18.2 Å². The average molecular weight is 323 g/mol. The van der Waals surface area contributed by atoms with E-state index in [1.165, 1.54) is 24.3 Å². The minimum absolute atomic E-state index is 0.329. The summed E-state index contributed by atoms with van der Waals surface area (Å²) in [6.45, 7) is 5.67. The van der Waals surface area contributed by atoms with Gasteiger partial charge in [-0.25, -0.2) is 9.18 Å². The second-order valence-corrected chi connectivity index (χ2v) is 6.06. The quantitative estimate of drug-likeness (QED) is 0.858. The summed E-state index contributed by atoms with van der Waals surface area (Å²) in [6, 6.07) is 4.71. The summed E-state index contributed by atoms with van der Waals surface area (Å²) in [4.78, 5) is 24.3. The number of thiophene rings is 1. The number of hydrogen-bond acceptors (Lipinski definition) is 4. The van der Waals surface area contributed by atoms with E-state index in [1.807, 2.05) is 6.92 Å². The van der Waals surface area contributed by atoms with Crippen molar-refractivity contribution >= 4 is 33.3 Å². The molecule has 1 aromatic heterocycles. The van der Waals surface area contributed by atoms with E-state index in [0.717, 1.165) is 6.42 Å². The zero-order valence-electron chi connectivity index (χ0n) is 12.7. The number of ether oxygens (including phenoxy) is 1. The van der Waals surface area contributed by atoms with Gasteiger partial charge >= 0.3 is 5.97 Å². The largest absolute Gasteiger partial charge is 0.448 e. The Morgan fingerprint density at radius 1 is 1.41 bits per heavy atom. The van der Waals surface area contributed by atoms with Gasteiger partial charge in [0.15, 0.2) is 6.10 Å². The molecule has 0 radical (unpaired) electrons. The second kappa shape index (κ2) is 6.87. The molecule has 4 nitrogen and oxygen atoms in total. The summed E-state index contributed by atoms with van der Waals surface area (Å²) in [5.74, 6) is -1.29. The van der Waals surface area contributed by atoms with E-state index in [1.54, 1.807) is 19.1 Å². The molecule has 1 atom stereocenters. The molecule has 0 aliphatic heterocycles. The van der Waals surface area contributed by atoms with Crippen LogP contribution in [0.5, 0.6) is 0 Å². The summed E-state index contributed by atoms with van der Waals surface area (Å²) in [5.41, 5.74) is 0.546. The maximum Gasteiger partial charge on any atom is 0.349 e. The van der Waals surface area contributed by atoms with Crippen molar-refractivity contribution in [2.24, 2.45) is 0 Å². The lowest BCUT2D eigenvalue weighted by atomic mass is 10.1. The van der Waals surface area contributed by atoms with E-state index >= 15 is 0 Å². The van der Waals surface area contributed by atoms with Gasteiger partial charge in [0.05, 0.1) is 0 Å². The van der Waals surface area contributed by atoms with Crippen LogP contribution in [0.1, 0.15) is 35.5 Å². The summed E-state index contributed by atoms with van der Waals surface area (Å²) >= 11 is 1.17. The van der Waals surface area contributed by atoms with Crippen molar-refractivity contribution in [2.45, 2.75) is 33.3 Å². The lowest BCUT2D eigenvalue weighted by Crippen LogP contribution is -2.36. The van der Waals surface area contributed by atoms with Crippen LogP contribution in [0.3, 0.4) is 0 Å². The summed E-state index contributed by atoms with van der Waals surface area (Å²) < 4.78 is 19.7. The molecule has 2 rings (SSSR count). The van der Waals surface area contributed by atoms with E-state index in [4.69, 9.17) is 4.74 Å². The van der Waals surface area contributed by atoms with Crippen LogP contribution in [-0.2, 0) is 9.53 Å². The normalized spacial score (nSPS) is 12.2. The number of carbonyl (C=O) groups excluding carboxylic acids is 2. The molecule has 0 spiro atoms. The molecule has 0 fully saturated rings. The first-order valence-corrected chi connectivity index (χ1v) is 7.93. The summed E-state index contributed by atoms with van der Waals surface area (Å²) in [5, 5.41) is 3.10. The van der Waals surface area contributed by atoms with Gasteiger partial charge in [0, 0.05) is 16.6 Å². The fraction of sp³-hybridized carbons (Fsp3) is 0.375. The van der Waals surface area contributed by atoms with Gasteiger partial charge in [-0.3, -0.25) is 4.79 Å². The van der Waals surface area contributed by atoms with Gasteiger partial charge in [-0.2, -0.15) is 0 Å². The van der Waals surface area contributed by atoms with E-state index in [2.05, 4.69) is 5.32 Å². The smallest absolute Gasteiger partial charge is 0.349 e. The predicted octanol–water partition coefficient (Wildman–Crippen LogP) is 3.42. The number of aryl methyl sites for hydroxylation is 1. The highest BCUT2D eigenvalue weighted by Crippen LogP contribution is 2.33. The summed E-state index contributed by atoms with van der Waals surface area (Å²) in [6.07, 6.45) is -0.0744. The molecule has 0 unspecified atom stereocenters. The Labute approximate surface area is 132 Å². The fourth-order valence-electron chi connectivity index (χ4n) is 2.11. The highest BCUT2D eigenvalue weighted by atomic mass is 32.1. The Bertz CT molecular complexity index is 711. The van der Waals surface area contributed by atoms with Crippen LogP contribution >= 0.6 is 11.3 Å². The second-order valence-electron chi connectivity index (χ2n) is 5.01. The molecular formula is C16H18FNO3S.